The smallest absolute Gasteiger partial charge is 0.220 e. The lowest BCUT2D eigenvalue weighted by molar-refractivity contribution is -0.123. The molecule has 8 nitrogen and oxygen atoms in total. The Kier molecular flexibility index (Phi) is 13.6. The normalized spacial score (nSPS) is 12.1. The quantitative estimate of drug-likeness (QED) is 0.0489. The van der Waals surface area contributed by atoms with Crippen LogP contribution in [0.4, 0.5) is 0 Å². The zero-order valence-electron chi connectivity index (χ0n) is 42.0. The van der Waals surface area contributed by atoms with Gasteiger partial charge in [-0.2, -0.15) is 0 Å². The summed E-state index contributed by atoms with van der Waals surface area (Å²) in [5, 5.41) is 32.8. The number of nitrogens with one attached hydrogen (secondary N) is 2. The van der Waals surface area contributed by atoms with Gasteiger partial charge >= 0.3 is 0 Å². The summed E-state index contributed by atoms with van der Waals surface area (Å²) < 4.78 is 18.5. The molecule has 0 saturated carbocycles. The minimum atomic E-state index is -1.20. The number of rotatable bonds is 21. The molecule has 8 heteroatoms. The second-order valence-electron chi connectivity index (χ2n) is 19.9. The SMILES string of the molecule is COc1ccc(C(OCC(CO)(CNC(=O)CCCc2ccc3ccc4cccc5ccc2c3c45)CNC(=O)CCCc2ccc3ccc4cccc5ccc2c3c45)(c2ccccc2)c2ccc(OC)cc2)cc1. The molecule has 11 aromatic carbocycles. The third-order valence-corrected chi connectivity index (χ3v) is 15.4. The molecule has 74 heavy (non-hydrogen) atoms. The molecule has 0 radical (unpaired) electrons. The minimum absolute atomic E-state index is 0.0392. The number of carbonyl (C=O) groups excluding carboxylic acids is 2. The first-order valence-corrected chi connectivity index (χ1v) is 25.7. The van der Waals surface area contributed by atoms with Gasteiger partial charge in [0.2, 0.25) is 11.8 Å². The summed E-state index contributed by atoms with van der Waals surface area (Å²) in [6.07, 6.45) is 3.28. The van der Waals surface area contributed by atoms with Gasteiger partial charge in [0, 0.05) is 25.9 Å². The number of carbonyl (C=O) groups is 2. The Bertz CT molecular complexity index is 3490. The van der Waals surface area contributed by atoms with Crippen molar-refractivity contribution < 1.29 is 28.9 Å². The molecule has 11 aromatic rings. The van der Waals surface area contributed by atoms with Gasteiger partial charge in [-0.15, -0.1) is 0 Å². The molecule has 11 rings (SSSR count). The van der Waals surface area contributed by atoms with Gasteiger partial charge in [-0.3, -0.25) is 9.59 Å². The van der Waals surface area contributed by atoms with Crippen molar-refractivity contribution in [1.29, 1.82) is 0 Å². The molecule has 0 bridgehead atoms. The zero-order chi connectivity index (χ0) is 50.7. The maximum atomic E-state index is 14.0. The lowest BCUT2D eigenvalue weighted by atomic mass is 9.79. The number of hydrogen-bond donors (Lipinski definition) is 3. The minimum Gasteiger partial charge on any atom is -0.497 e. The molecule has 0 aliphatic rings. The highest BCUT2D eigenvalue weighted by molar-refractivity contribution is 6.24. The first-order chi connectivity index (χ1) is 36.3. The Morgan fingerprint density at radius 3 is 1.26 bits per heavy atom. The molecule has 0 heterocycles. The number of aryl methyl sites for hydroxylation is 2. The second-order valence-corrected chi connectivity index (χ2v) is 19.9. The molecule has 3 N–H and O–H groups in total. The first kappa shape index (κ1) is 48.2. The van der Waals surface area contributed by atoms with Gasteiger partial charge in [0.05, 0.1) is 32.8 Å². The summed E-state index contributed by atoms with van der Waals surface area (Å²) in [7, 11) is 3.27. The summed E-state index contributed by atoms with van der Waals surface area (Å²) in [6.45, 7) is -0.308. The number of methoxy groups -OCH3 is 2. The van der Waals surface area contributed by atoms with Crippen LogP contribution < -0.4 is 20.1 Å². The maximum Gasteiger partial charge on any atom is 0.220 e. The van der Waals surface area contributed by atoms with Gasteiger partial charge in [-0.1, -0.05) is 164 Å². The third kappa shape index (κ3) is 9.21. The van der Waals surface area contributed by atoms with Crippen LogP contribution in [0.1, 0.15) is 53.5 Å². The first-order valence-electron chi connectivity index (χ1n) is 25.7. The molecule has 0 fully saturated rings. The van der Waals surface area contributed by atoms with E-state index < -0.39 is 11.0 Å². The fraction of sp³-hybridized carbons (Fsp3) is 0.212. The van der Waals surface area contributed by atoms with Gasteiger partial charge < -0.3 is 30.0 Å². The molecule has 2 amide bonds. The van der Waals surface area contributed by atoms with E-state index in [4.69, 9.17) is 14.2 Å². The highest BCUT2D eigenvalue weighted by atomic mass is 16.5. The number of ether oxygens (including phenoxy) is 3. The molecule has 0 unspecified atom stereocenters. The van der Waals surface area contributed by atoms with Crippen molar-refractivity contribution in [3.63, 3.8) is 0 Å². The van der Waals surface area contributed by atoms with Crippen molar-refractivity contribution in [2.45, 2.75) is 44.1 Å². The van der Waals surface area contributed by atoms with Crippen LogP contribution in [0.25, 0.3) is 64.6 Å². The number of aliphatic hydroxyl groups excluding tert-OH is 1. The van der Waals surface area contributed by atoms with Crippen molar-refractivity contribution in [2.75, 3.05) is 40.5 Å². The Morgan fingerprint density at radius 2 is 0.838 bits per heavy atom. The molecule has 370 valence electrons. The molecular formula is C66H60N2O6. The van der Waals surface area contributed by atoms with Crippen LogP contribution in [0.2, 0.25) is 0 Å². The highest BCUT2D eigenvalue weighted by Gasteiger charge is 2.42. The van der Waals surface area contributed by atoms with Crippen LogP contribution in [0.3, 0.4) is 0 Å². The Balaban J connectivity index is 0.845. The maximum absolute atomic E-state index is 14.0. The van der Waals surface area contributed by atoms with E-state index in [-0.39, 0.29) is 51.0 Å². The number of amides is 2. The van der Waals surface area contributed by atoms with E-state index in [9.17, 15) is 14.7 Å². The second kappa shape index (κ2) is 20.8. The summed E-state index contributed by atoms with van der Waals surface area (Å²) in [6, 6.07) is 64.7. The average molecular weight is 977 g/mol. The van der Waals surface area contributed by atoms with Crippen molar-refractivity contribution >= 4 is 76.4 Å². The lowest BCUT2D eigenvalue weighted by Crippen LogP contribution is -2.52. The van der Waals surface area contributed by atoms with E-state index >= 15 is 0 Å². The van der Waals surface area contributed by atoms with Crippen molar-refractivity contribution in [3.8, 4) is 11.5 Å². The largest absolute Gasteiger partial charge is 0.497 e. The van der Waals surface area contributed by atoms with Crippen LogP contribution in [0.15, 0.2) is 188 Å². The van der Waals surface area contributed by atoms with Crippen molar-refractivity contribution in [3.05, 3.63) is 216 Å². The van der Waals surface area contributed by atoms with Gasteiger partial charge in [0.15, 0.2) is 0 Å². The van der Waals surface area contributed by atoms with E-state index in [0.29, 0.717) is 24.3 Å². The number of hydrogen-bond acceptors (Lipinski definition) is 6. The standard InChI is InChI=1S/C66H60N2O6/c1-72-55-34-30-53(31-35-55)66(52-16-4-3-5-17-52,54-32-36-56(73-2)37-33-54)74-43-65(42-69,40-67-59(70)18-8-10-44-20-22-50-26-24-46-12-6-14-48-28-38-57(44)63(50)61(46)48)41-68-60(71)19-9-11-45-21-23-51-27-25-47-13-7-15-49-29-39-58(45)64(51)62(47)49/h3-7,12-17,20-39,69H,8-11,18-19,40-43H2,1-2H3,(H,67,70)(H,68,71). The van der Waals surface area contributed by atoms with Gasteiger partial charge in [-0.25, -0.2) is 0 Å². The molecule has 0 aliphatic carbocycles. The Morgan fingerprint density at radius 1 is 0.446 bits per heavy atom. The summed E-state index contributed by atoms with van der Waals surface area (Å²) >= 11 is 0. The van der Waals surface area contributed by atoms with Crippen LogP contribution in [-0.4, -0.2) is 57.4 Å². The molecule has 0 atom stereocenters. The van der Waals surface area contributed by atoms with Gasteiger partial charge in [0.1, 0.15) is 17.1 Å². The van der Waals surface area contributed by atoms with Crippen molar-refractivity contribution in [2.24, 2.45) is 5.41 Å². The predicted molar refractivity (Wildman–Crippen MR) is 300 cm³/mol. The van der Waals surface area contributed by atoms with E-state index in [1.165, 1.54) is 75.8 Å². The van der Waals surface area contributed by atoms with Gasteiger partial charge in [-0.05, 0) is 142 Å². The van der Waals surface area contributed by atoms with Crippen molar-refractivity contribution in [1.82, 2.24) is 10.6 Å². The Hall–Kier alpha value is -8.04. The molecule has 0 spiro atoms. The topological polar surface area (TPSA) is 106 Å². The summed E-state index contributed by atoms with van der Waals surface area (Å²) in [4.78, 5) is 28.0. The molecule has 0 aliphatic heterocycles. The monoisotopic (exact) mass is 976 g/mol. The highest BCUT2D eigenvalue weighted by Crippen LogP contribution is 2.43. The fourth-order valence-corrected chi connectivity index (χ4v) is 11.3. The van der Waals surface area contributed by atoms with Crippen LogP contribution >= 0.6 is 0 Å². The molecule has 0 saturated heterocycles. The third-order valence-electron chi connectivity index (χ3n) is 15.4. The van der Waals surface area contributed by atoms with E-state index in [2.05, 4.69) is 120 Å². The molecular weight excluding hydrogens is 917 g/mol. The average Bonchev–Trinajstić information content (AvgIpc) is 3.46. The van der Waals surface area contributed by atoms with E-state index in [1.807, 2.05) is 78.9 Å². The van der Waals surface area contributed by atoms with Crippen LogP contribution in [-0.2, 0) is 32.8 Å². The Labute approximate surface area is 431 Å². The van der Waals surface area contributed by atoms with Crippen LogP contribution in [0.5, 0.6) is 11.5 Å². The van der Waals surface area contributed by atoms with Crippen LogP contribution in [0, 0.1) is 5.41 Å². The van der Waals surface area contributed by atoms with Gasteiger partial charge in [0.25, 0.3) is 0 Å². The predicted octanol–water partition coefficient (Wildman–Crippen LogP) is 13.1. The number of aliphatic hydroxyl groups is 1. The lowest BCUT2D eigenvalue weighted by Gasteiger charge is -2.40. The summed E-state index contributed by atoms with van der Waals surface area (Å²) in [5.41, 5.74) is 2.59. The number of benzene rings is 11. The zero-order valence-corrected chi connectivity index (χ0v) is 42.0. The fourth-order valence-electron chi connectivity index (χ4n) is 11.3. The molecule has 0 aromatic heterocycles. The summed E-state index contributed by atoms with van der Waals surface area (Å²) in [5.74, 6) is 1.11. The van der Waals surface area contributed by atoms with E-state index in [0.717, 1.165) is 29.5 Å². The van der Waals surface area contributed by atoms with E-state index in [1.54, 1.807) is 14.2 Å².